The average Bonchev–Trinajstić information content (AvgIpc) is 2.88. The van der Waals surface area contributed by atoms with Gasteiger partial charge in [0.2, 0.25) is 5.95 Å². The van der Waals surface area contributed by atoms with Crippen LogP contribution >= 0.6 is 0 Å². The Morgan fingerprint density at radius 1 is 1.09 bits per heavy atom. The van der Waals surface area contributed by atoms with E-state index in [0.29, 0.717) is 5.52 Å². The first-order valence-electron chi connectivity index (χ1n) is 7.51. The molecule has 1 aromatic carbocycles. The van der Waals surface area contributed by atoms with E-state index >= 15 is 0 Å². The second-order valence-corrected chi connectivity index (χ2v) is 5.95. The molecule has 1 aliphatic rings. The third-order valence-corrected chi connectivity index (χ3v) is 4.26. The number of halogens is 1. The summed E-state index contributed by atoms with van der Waals surface area (Å²) in [6.45, 7) is 5.75. The maximum Gasteiger partial charge on any atom is 0.227 e. The Bertz CT molecular complexity index is 848. The van der Waals surface area contributed by atoms with Crippen LogP contribution in [0.4, 0.5) is 10.3 Å². The van der Waals surface area contributed by atoms with Gasteiger partial charge < -0.3 is 9.80 Å². The van der Waals surface area contributed by atoms with E-state index in [1.807, 2.05) is 17.5 Å². The number of piperazine rings is 1. The molecule has 1 aliphatic heterocycles. The van der Waals surface area contributed by atoms with E-state index in [9.17, 15) is 4.39 Å². The Hall–Kier alpha value is -2.21. The molecule has 0 atom stereocenters. The number of rotatable bonds is 1. The van der Waals surface area contributed by atoms with Gasteiger partial charge in [-0.3, -0.25) is 0 Å². The summed E-state index contributed by atoms with van der Waals surface area (Å²) in [5.41, 5.74) is 2.60. The zero-order valence-electron chi connectivity index (χ0n) is 12.8. The summed E-state index contributed by atoms with van der Waals surface area (Å²) in [6, 6.07) is 6.78. The highest BCUT2D eigenvalue weighted by atomic mass is 19.1. The molecule has 3 heterocycles. The molecule has 0 bridgehead atoms. The Balaban J connectivity index is 1.95. The van der Waals surface area contributed by atoms with Gasteiger partial charge >= 0.3 is 0 Å². The SMILES string of the molecule is Cc1cc2c3ccc(F)cc3nc(N3CCN(C)CC3)n2n1. The predicted octanol–water partition coefficient (Wildman–Crippen LogP) is 2.08. The molecule has 1 saturated heterocycles. The number of nitrogens with zero attached hydrogens (tertiary/aromatic N) is 5. The van der Waals surface area contributed by atoms with Crippen LogP contribution in [0.2, 0.25) is 0 Å². The summed E-state index contributed by atoms with van der Waals surface area (Å²) in [6.07, 6.45) is 0. The molecule has 0 unspecified atom stereocenters. The highest BCUT2D eigenvalue weighted by Crippen LogP contribution is 2.25. The maximum absolute atomic E-state index is 13.6. The van der Waals surface area contributed by atoms with E-state index in [1.54, 1.807) is 6.07 Å². The van der Waals surface area contributed by atoms with Gasteiger partial charge in [-0.25, -0.2) is 9.37 Å². The van der Waals surface area contributed by atoms with Crippen LogP contribution in [0.15, 0.2) is 24.3 Å². The number of anilines is 1. The summed E-state index contributed by atoms with van der Waals surface area (Å²) in [5.74, 6) is 0.541. The van der Waals surface area contributed by atoms with Gasteiger partial charge in [0.25, 0.3) is 0 Å². The van der Waals surface area contributed by atoms with E-state index in [4.69, 9.17) is 4.98 Å². The van der Waals surface area contributed by atoms with Crippen molar-refractivity contribution in [2.24, 2.45) is 0 Å². The molecule has 114 valence electrons. The van der Waals surface area contributed by atoms with Crippen LogP contribution in [0.25, 0.3) is 16.4 Å². The predicted molar refractivity (Wildman–Crippen MR) is 84.9 cm³/mol. The molecule has 22 heavy (non-hydrogen) atoms. The lowest BCUT2D eigenvalue weighted by Gasteiger charge is -2.33. The number of likely N-dealkylation sites (N-methyl/N-ethyl adjacent to an activating group) is 1. The van der Waals surface area contributed by atoms with Gasteiger partial charge in [-0.1, -0.05) is 0 Å². The minimum absolute atomic E-state index is 0.259. The molecule has 4 rings (SSSR count). The van der Waals surface area contributed by atoms with Crippen LogP contribution in [-0.2, 0) is 0 Å². The lowest BCUT2D eigenvalue weighted by Crippen LogP contribution is -2.45. The number of aromatic nitrogens is 3. The Kier molecular flexibility index (Phi) is 3.00. The molecule has 3 aromatic rings. The molecule has 0 amide bonds. The molecule has 1 fully saturated rings. The molecule has 0 spiro atoms. The van der Waals surface area contributed by atoms with Crippen LogP contribution in [0, 0.1) is 12.7 Å². The number of benzene rings is 1. The van der Waals surface area contributed by atoms with Crippen LogP contribution in [0.3, 0.4) is 0 Å². The van der Waals surface area contributed by atoms with Crippen molar-refractivity contribution in [1.82, 2.24) is 19.5 Å². The van der Waals surface area contributed by atoms with Crippen molar-refractivity contribution in [3.05, 3.63) is 35.8 Å². The summed E-state index contributed by atoms with van der Waals surface area (Å²) in [4.78, 5) is 9.21. The molecule has 0 radical (unpaired) electrons. The summed E-state index contributed by atoms with van der Waals surface area (Å²) >= 11 is 0. The normalized spacial score (nSPS) is 16.8. The third kappa shape index (κ3) is 2.11. The molecule has 5 nitrogen and oxygen atoms in total. The number of aryl methyl sites for hydroxylation is 1. The first kappa shape index (κ1) is 13.5. The fraction of sp³-hybridized carbons (Fsp3) is 0.375. The summed E-state index contributed by atoms with van der Waals surface area (Å²) in [5, 5.41) is 5.52. The topological polar surface area (TPSA) is 36.7 Å². The molecule has 0 N–H and O–H groups in total. The largest absolute Gasteiger partial charge is 0.338 e. The van der Waals surface area contributed by atoms with Crippen molar-refractivity contribution in [2.75, 3.05) is 38.1 Å². The standard InChI is InChI=1S/C16H18FN5/c1-11-9-15-13-4-3-12(17)10-14(13)18-16(22(15)19-11)21-7-5-20(2)6-8-21/h3-4,9-10H,5-8H2,1-2H3. The second-order valence-electron chi connectivity index (χ2n) is 5.95. The van der Waals surface area contributed by atoms with Crippen molar-refractivity contribution >= 4 is 22.4 Å². The van der Waals surface area contributed by atoms with E-state index < -0.39 is 0 Å². The lowest BCUT2D eigenvalue weighted by atomic mass is 10.2. The fourth-order valence-corrected chi connectivity index (χ4v) is 3.02. The molecule has 0 saturated carbocycles. The third-order valence-electron chi connectivity index (χ3n) is 4.26. The van der Waals surface area contributed by atoms with E-state index in [1.165, 1.54) is 12.1 Å². The van der Waals surface area contributed by atoms with Gasteiger partial charge in [-0.15, -0.1) is 0 Å². The van der Waals surface area contributed by atoms with Crippen LogP contribution in [-0.4, -0.2) is 52.7 Å². The van der Waals surface area contributed by atoms with Crippen LogP contribution in [0.5, 0.6) is 0 Å². The Labute approximate surface area is 128 Å². The Morgan fingerprint density at radius 2 is 1.86 bits per heavy atom. The minimum atomic E-state index is -0.259. The minimum Gasteiger partial charge on any atom is -0.338 e. The molecule has 6 heteroatoms. The zero-order chi connectivity index (χ0) is 15.3. The first-order valence-corrected chi connectivity index (χ1v) is 7.51. The van der Waals surface area contributed by atoms with Gasteiger partial charge in [0.05, 0.1) is 16.7 Å². The summed E-state index contributed by atoms with van der Waals surface area (Å²) in [7, 11) is 2.12. The van der Waals surface area contributed by atoms with E-state index in [0.717, 1.165) is 48.7 Å². The van der Waals surface area contributed by atoms with Gasteiger partial charge in [-0.05, 0) is 32.2 Å². The van der Waals surface area contributed by atoms with Crippen LogP contribution in [0.1, 0.15) is 5.69 Å². The van der Waals surface area contributed by atoms with Gasteiger partial charge in [0.1, 0.15) is 5.82 Å². The maximum atomic E-state index is 13.6. The summed E-state index contributed by atoms with van der Waals surface area (Å²) < 4.78 is 15.5. The van der Waals surface area contributed by atoms with Crippen molar-refractivity contribution in [2.45, 2.75) is 6.92 Å². The van der Waals surface area contributed by atoms with E-state index in [-0.39, 0.29) is 5.82 Å². The highest BCUT2D eigenvalue weighted by molar-refractivity contribution is 5.94. The first-order chi connectivity index (χ1) is 10.6. The molecular formula is C16H18FN5. The highest BCUT2D eigenvalue weighted by Gasteiger charge is 2.20. The van der Waals surface area contributed by atoms with Gasteiger partial charge in [-0.2, -0.15) is 9.61 Å². The number of hydrogen-bond acceptors (Lipinski definition) is 4. The Morgan fingerprint density at radius 3 is 2.64 bits per heavy atom. The van der Waals surface area contributed by atoms with Gasteiger partial charge in [0.15, 0.2) is 0 Å². The quantitative estimate of drug-likeness (QED) is 0.689. The zero-order valence-corrected chi connectivity index (χ0v) is 12.8. The number of fused-ring (bicyclic) bond motifs is 3. The van der Waals surface area contributed by atoms with Crippen molar-refractivity contribution < 1.29 is 4.39 Å². The smallest absolute Gasteiger partial charge is 0.227 e. The van der Waals surface area contributed by atoms with E-state index in [2.05, 4.69) is 21.9 Å². The van der Waals surface area contributed by atoms with Crippen molar-refractivity contribution in [3.8, 4) is 0 Å². The molecular weight excluding hydrogens is 281 g/mol. The lowest BCUT2D eigenvalue weighted by molar-refractivity contribution is 0.310. The van der Waals surface area contributed by atoms with Crippen molar-refractivity contribution in [3.63, 3.8) is 0 Å². The second kappa shape index (κ2) is 4.91. The fourth-order valence-electron chi connectivity index (χ4n) is 3.02. The van der Waals surface area contributed by atoms with Crippen molar-refractivity contribution in [1.29, 1.82) is 0 Å². The monoisotopic (exact) mass is 299 g/mol. The van der Waals surface area contributed by atoms with Crippen LogP contribution < -0.4 is 4.90 Å². The number of hydrogen-bond donors (Lipinski definition) is 0. The molecule has 2 aromatic heterocycles. The molecule has 0 aliphatic carbocycles. The van der Waals surface area contributed by atoms with Gasteiger partial charge in [0, 0.05) is 37.6 Å². The average molecular weight is 299 g/mol.